The number of hydrogen-bond donors (Lipinski definition) is 1. The zero-order valence-corrected chi connectivity index (χ0v) is 13.0. The van der Waals surface area contributed by atoms with Crippen LogP contribution in [-0.2, 0) is 4.79 Å². The summed E-state index contributed by atoms with van der Waals surface area (Å²) < 4.78 is 5.39. The van der Waals surface area contributed by atoms with Crippen LogP contribution in [-0.4, -0.2) is 23.3 Å². The first-order chi connectivity index (χ1) is 10.6. The van der Waals surface area contributed by atoms with E-state index in [1.54, 1.807) is 24.3 Å². The van der Waals surface area contributed by atoms with Gasteiger partial charge in [-0.25, -0.2) is 4.98 Å². The number of ether oxygens (including phenoxy) is 1. The van der Waals surface area contributed by atoms with Crippen LogP contribution in [0.4, 0.5) is 5.13 Å². The van der Waals surface area contributed by atoms with Crippen LogP contribution in [0.15, 0.2) is 29.6 Å². The first-order valence-electron chi connectivity index (χ1n) is 7.11. The highest BCUT2D eigenvalue weighted by atomic mass is 32.1. The van der Waals surface area contributed by atoms with Gasteiger partial charge in [-0.1, -0.05) is 0 Å². The fraction of sp³-hybridized carbons (Fsp3) is 0.312. The second-order valence-corrected chi connectivity index (χ2v) is 6.13. The Morgan fingerprint density at radius 3 is 2.68 bits per heavy atom. The summed E-state index contributed by atoms with van der Waals surface area (Å²) >= 11 is 1.44. The second kappa shape index (κ2) is 6.27. The van der Waals surface area contributed by atoms with Crippen molar-refractivity contribution >= 4 is 28.2 Å². The molecule has 1 aromatic heterocycles. The van der Waals surface area contributed by atoms with Gasteiger partial charge < -0.3 is 4.74 Å². The van der Waals surface area contributed by atoms with E-state index in [2.05, 4.69) is 10.3 Å². The van der Waals surface area contributed by atoms with Crippen LogP contribution in [0.2, 0.25) is 0 Å². The fourth-order valence-corrected chi connectivity index (χ4v) is 2.81. The van der Waals surface area contributed by atoms with E-state index in [0.29, 0.717) is 22.4 Å². The minimum Gasteiger partial charge on any atom is -0.484 e. The molecule has 1 fully saturated rings. The molecule has 0 aliphatic heterocycles. The van der Waals surface area contributed by atoms with E-state index < -0.39 is 0 Å². The molecule has 1 heterocycles. The van der Waals surface area contributed by atoms with E-state index in [9.17, 15) is 9.59 Å². The van der Waals surface area contributed by atoms with Crippen molar-refractivity contribution in [1.82, 2.24) is 4.98 Å². The molecule has 1 N–H and O–H groups in total. The van der Waals surface area contributed by atoms with Gasteiger partial charge in [0.15, 0.2) is 17.5 Å². The number of nitrogens with zero attached hydrogens (tertiary/aromatic N) is 1. The smallest absolute Gasteiger partial charge is 0.264 e. The highest BCUT2D eigenvalue weighted by molar-refractivity contribution is 7.13. The number of hydrogen-bond acceptors (Lipinski definition) is 5. The normalized spacial score (nSPS) is 13.7. The van der Waals surface area contributed by atoms with Gasteiger partial charge in [0.1, 0.15) is 5.75 Å². The predicted molar refractivity (Wildman–Crippen MR) is 84.7 cm³/mol. The van der Waals surface area contributed by atoms with Crippen LogP contribution in [0, 0.1) is 0 Å². The SMILES string of the molecule is CC(=O)c1ccc(OCC(=O)Nc2nc(C3CC3)cs2)cc1. The highest BCUT2D eigenvalue weighted by Crippen LogP contribution is 2.40. The molecular weight excluding hydrogens is 300 g/mol. The first kappa shape index (κ1) is 14.7. The molecule has 114 valence electrons. The van der Waals surface area contributed by atoms with Crippen LogP contribution in [0.1, 0.15) is 41.7 Å². The Labute approximate surface area is 132 Å². The fourth-order valence-electron chi connectivity index (χ4n) is 2.00. The third kappa shape index (κ3) is 3.71. The van der Waals surface area contributed by atoms with Crippen LogP contribution < -0.4 is 10.1 Å². The number of Topliss-reactive ketones (excluding diaryl/α,β-unsaturated/α-hetero) is 1. The van der Waals surface area contributed by atoms with Crippen molar-refractivity contribution in [3.63, 3.8) is 0 Å². The number of thiazole rings is 1. The van der Waals surface area contributed by atoms with Gasteiger partial charge in [-0.05, 0) is 44.0 Å². The molecule has 6 heteroatoms. The third-order valence-electron chi connectivity index (χ3n) is 3.39. The maximum Gasteiger partial charge on any atom is 0.264 e. The van der Waals surface area contributed by atoms with E-state index in [1.165, 1.54) is 31.1 Å². The molecule has 1 aliphatic rings. The predicted octanol–water partition coefficient (Wildman–Crippen LogP) is 3.24. The summed E-state index contributed by atoms with van der Waals surface area (Å²) in [5.74, 6) is 0.891. The number of amides is 1. The molecule has 0 unspecified atom stereocenters. The lowest BCUT2D eigenvalue weighted by molar-refractivity contribution is -0.118. The average molecular weight is 316 g/mol. The van der Waals surface area contributed by atoms with Crippen molar-refractivity contribution in [2.75, 3.05) is 11.9 Å². The summed E-state index contributed by atoms with van der Waals surface area (Å²) in [5.41, 5.74) is 1.69. The van der Waals surface area contributed by atoms with Gasteiger partial charge in [-0.2, -0.15) is 0 Å². The minimum absolute atomic E-state index is 0.000435. The largest absolute Gasteiger partial charge is 0.484 e. The Morgan fingerprint density at radius 2 is 2.05 bits per heavy atom. The zero-order valence-electron chi connectivity index (χ0n) is 12.2. The molecule has 1 amide bonds. The maximum absolute atomic E-state index is 11.8. The molecular formula is C16H16N2O3S. The molecule has 0 radical (unpaired) electrons. The van der Waals surface area contributed by atoms with Gasteiger partial charge >= 0.3 is 0 Å². The van der Waals surface area contributed by atoms with E-state index in [-0.39, 0.29) is 18.3 Å². The lowest BCUT2D eigenvalue weighted by atomic mass is 10.1. The van der Waals surface area contributed by atoms with Crippen molar-refractivity contribution in [2.24, 2.45) is 0 Å². The standard InChI is InChI=1S/C16H16N2O3S/c1-10(19)11-4-6-13(7-5-11)21-8-15(20)18-16-17-14(9-22-16)12-2-3-12/h4-7,9,12H,2-3,8H2,1H3,(H,17,18,20). The number of ketones is 1. The van der Waals surface area contributed by atoms with Crippen LogP contribution >= 0.6 is 11.3 Å². The number of benzene rings is 1. The van der Waals surface area contributed by atoms with E-state index in [4.69, 9.17) is 4.74 Å². The Hall–Kier alpha value is -2.21. The van der Waals surface area contributed by atoms with Gasteiger partial charge in [0.05, 0.1) is 5.69 Å². The van der Waals surface area contributed by atoms with Crippen LogP contribution in [0.3, 0.4) is 0 Å². The summed E-state index contributed by atoms with van der Waals surface area (Å²) in [5, 5.41) is 5.34. The summed E-state index contributed by atoms with van der Waals surface area (Å²) in [6, 6.07) is 6.72. The number of anilines is 1. The number of rotatable bonds is 6. The van der Waals surface area contributed by atoms with Crippen molar-refractivity contribution in [3.05, 3.63) is 40.9 Å². The van der Waals surface area contributed by atoms with Crippen LogP contribution in [0.5, 0.6) is 5.75 Å². The van der Waals surface area contributed by atoms with Gasteiger partial charge in [-0.3, -0.25) is 14.9 Å². The Kier molecular flexibility index (Phi) is 4.20. The molecule has 1 saturated carbocycles. The summed E-state index contributed by atoms with van der Waals surface area (Å²) in [7, 11) is 0. The first-order valence-corrected chi connectivity index (χ1v) is 7.99. The molecule has 0 bridgehead atoms. The number of aromatic nitrogens is 1. The van der Waals surface area contributed by atoms with E-state index >= 15 is 0 Å². The van der Waals surface area contributed by atoms with Gasteiger partial charge in [0.25, 0.3) is 5.91 Å². The molecule has 0 saturated heterocycles. The molecule has 1 aromatic carbocycles. The number of carbonyl (C=O) groups excluding carboxylic acids is 2. The monoisotopic (exact) mass is 316 g/mol. The lowest BCUT2D eigenvalue weighted by Gasteiger charge is -2.06. The van der Waals surface area contributed by atoms with E-state index in [1.807, 2.05) is 5.38 Å². The second-order valence-electron chi connectivity index (χ2n) is 5.27. The van der Waals surface area contributed by atoms with Crippen LogP contribution in [0.25, 0.3) is 0 Å². The molecule has 1 aliphatic carbocycles. The van der Waals surface area contributed by atoms with Crippen molar-refractivity contribution in [1.29, 1.82) is 0 Å². The Balaban J connectivity index is 1.49. The Morgan fingerprint density at radius 1 is 1.32 bits per heavy atom. The highest BCUT2D eigenvalue weighted by Gasteiger charge is 2.26. The molecule has 5 nitrogen and oxygen atoms in total. The quantitative estimate of drug-likeness (QED) is 0.831. The lowest BCUT2D eigenvalue weighted by Crippen LogP contribution is -2.20. The van der Waals surface area contributed by atoms with Gasteiger partial charge in [-0.15, -0.1) is 11.3 Å². The van der Waals surface area contributed by atoms with Gasteiger partial charge in [0.2, 0.25) is 0 Å². The number of carbonyl (C=O) groups is 2. The molecule has 2 aromatic rings. The van der Waals surface area contributed by atoms with Gasteiger partial charge in [0, 0.05) is 16.9 Å². The summed E-state index contributed by atoms with van der Waals surface area (Å²) in [6.07, 6.45) is 2.38. The van der Waals surface area contributed by atoms with E-state index in [0.717, 1.165) is 5.69 Å². The maximum atomic E-state index is 11.8. The third-order valence-corrected chi connectivity index (χ3v) is 4.17. The van der Waals surface area contributed by atoms with Crippen molar-refractivity contribution in [3.8, 4) is 5.75 Å². The minimum atomic E-state index is -0.243. The summed E-state index contributed by atoms with van der Waals surface area (Å²) in [6.45, 7) is 1.42. The van der Waals surface area contributed by atoms with Crippen molar-refractivity contribution < 1.29 is 14.3 Å². The number of nitrogens with one attached hydrogen (secondary N) is 1. The molecule has 22 heavy (non-hydrogen) atoms. The molecule has 0 spiro atoms. The molecule has 0 atom stereocenters. The average Bonchev–Trinajstić information content (AvgIpc) is 3.26. The zero-order chi connectivity index (χ0) is 15.5. The molecule has 3 rings (SSSR count). The van der Waals surface area contributed by atoms with Crippen molar-refractivity contribution in [2.45, 2.75) is 25.7 Å². The topological polar surface area (TPSA) is 68.3 Å². The Bertz CT molecular complexity index is 690. The summed E-state index contributed by atoms with van der Waals surface area (Å²) in [4.78, 5) is 27.4.